The molecule has 1 unspecified atom stereocenters. The zero-order valence-electron chi connectivity index (χ0n) is 12.6. The van der Waals surface area contributed by atoms with Crippen LogP contribution in [0.15, 0.2) is 41.3 Å². The average Bonchev–Trinajstić information content (AvgIpc) is 2.99. The highest BCUT2D eigenvalue weighted by Crippen LogP contribution is 2.25. The Kier molecular flexibility index (Phi) is 6.54. The molecular formula is C15H17FN4OS2. The molecule has 122 valence electrons. The molecule has 0 bridgehead atoms. The summed E-state index contributed by atoms with van der Waals surface area (Å²) in [5, 5.41) is 14.6. The van der Waals surface area contributed by atoms with Crippen LogP contribution >= 0.6 is 23.1 Å². The van der Waals surface area contributed by atoms with Gasteiger partial charge in [0.1, 0.15) is 5.82 Å². The smallest absolute Gasteiger partial charge is 0.230 e. The number of thioether (sulfide) groups is 1. The van der Waals surface area contributed by atoms with Gasteiger partial charge in [0, 0.05) is 6.54 Å². The molecule has 2 N–H and O–H groups in total. The minimum absolute atomic E-state index is 0.109. The fourth-order valence-electron chi connectivity index (χ4n) is 1.74. The van der Waals surface area contributed by atoms with E-state index in [4.69, 9.17) is 0 Å². The normalized spacial score (nSPS) is 11.7. The summed E-state index contributed by atoms with van der Waals surface area (Å²) in [6, 6.07) is 5.91. The maximum atomic E-state index is 12.9. The lowest BCUT2D eigenvalue weighted by atomic mass is 10.1. The molecule has 1 aromatic carbocycles. The third-order valence-electron chi connectivity index (χ3n) is 2.88. The Labute approximate surface area is 142 Å². The number of aromatic nitrogens is 2. The summed E-state index contributed by atoms with van der Waals surface area (Å²) in [6.45, 7) is 6.09. The number of nitrogens with one attached hydrogen (secondary N) is 2. The molecule has 0 saturated heterocycles. The van der Waals surface area contributed by atoms with Gasteiger partial charge in [-0.15, -0.1) is 16.8 Å². The summed E-state index contributed by atoms with van der Waals surface area (Å²) in [6.07, 6.45) is 1.73. The first-order chi connectivity index (χ1) is 11.1. The van der Waals surface area contributed by atoms with E-state index in [1.165, 1.54) is 35.2 Å². The molecule has 0 aliphatic heterocycles. The van der Waals surface area contributed by atoms with Crippen molar-refractivity contribution >= 4 is 34.1 Å². The van der Waals surface area contributed by atoms with E-state index in [1.807, 2.05) is 6.92 Å². The third kappa shape index (κ3) is 5.65. The van der Waals surface area contributed by atoms with E-state index in [1.54, 1.807) is 18.2 Å². The van der Waals surface area contributed by atoms with Crippen molar-refractivity contribution in [3.8, 4) is 0 Å². The molecule has 0 saturated carbocycles. The van der Waals surface area contributed by atoms with Gasteiger partial charge in [0.15, 0.2) is 4.34 Å². The van der Waals surface area contributed by atoms with Crippen molar-refractivity contribution < 1.29 is 9.18 Å². The summed E-state index contributed by atoms with van der Waals surface area (Å²) in [4.78, 5) is 12.0. The number of hydrogen-bond donors (Lipinski definition) is 2. The molecule has 2 rings (SSSR count). The van der Waals surface area contributed by atoms with Crippen LogP contribution < -0.4 is 10.6 Å². The van der Waals surface area contributed by atoms with Crippen molar-refractivity contribution in [2.24, 2.45) is 0 Å². The first-order valence-electron chi connectivity index (χ1n) is 6.94. The van der Waals surface area contributed by atoms with E-state index >= 15 is 0 Å². The van der Waals surface area contributed by atoms with Crippen molar-refractivity contribution in [3.05, 3.63) is 48.3 Å². The Bertz CT molecular complexity index is 660. The Morgan fingerprint density at radius 2 is 2.17 bits per heavy atom. The molecule has 1 aromatic heterocycles. The molecule has 8 heteroatoms. The maximum absolute atomic E-state index is 12.9. The average molecular weight is 352 g/mol. The van der Waals surface area contributed by atoms with E-state index in [-0.39, 0.29) is 23.5 Å². The van der Waals surface area contributed by atoms with Gasteiger partial charge >= 0.3 is 0 Å². The van der Waals surface area contributed by atoms with Crippen molar-refractivity contribution in [2.45, 2.75) is 17.3 Å². The van der Waals surface area contributed by atoms with E-state index in [0.717, 1.165) is 9.90 Å². The van der Waals surface area contributed by atoms with Crippen LogP contribution in [0.3, 0.4) is 0 Å². The highest BCUT2D eigenvalue weighted by molar-refractivity contribution is 8.01. The lowest BCUT2D eigenvalue weighted by Crippen LogP contribution is -2.28. The Balaban J connectivity index is 1.79. The predicted molar refractivity (Wildman–Crippen MR) is 92.3 cm³/mol. The van der Waals surface area contributed by atoms with Gasteiger partial charge in [0.2, 0.25) is 11.0 Å². The third-order valence-corrected chi connectivity index (χ3v) is 4.89. The molecule has 1 heterocycles. The number of amides is 1. The number of rotatable bonds is 8. The van der Waals surface area contributed by atoms with Gasteiger partial charge in [-0.2, -0.15) is 0 Å². The van der Waals surface area contributed by atoms with Crippen molar-refractivity contribution in [1.82, 2.24) is 15.5 Å². The fourth-order valence-corrected chi connectivity index (χ4v) is 3.31. The van der Waals surface area contributed by atoms with Gasteiger partial charge in [-0.05, 0) is 24.6 Å². The van der Waals surface area contributed by atoms with Crippen LogP contribution in [-0.4, -0.2) is 28.4 Å². The number of carbonyl (C=O) groups is 1. The van der Waals surface area contributed by atoms with Crippen molar-refractivity contribution in [2.75, 3.05) is 17.6 Å². The fraction of sp³-hybridized carbons (Fsp3) is 0.267. The topological polar surface area (TPSA) is 66.9 Å². The molecule has 0 aliphatic carbocycles. The minimum atomic E-state index is -0.292. The second kappa shape index (κ2) is 8.64. The van der Waals surface area contributed by atoms with Gasteiger partial charge in [-0.25, -0.2) is 4.39 Å². The maximum Gasteiger partial charge on any atom is 0.230 e. The molecule has 23 heavy (non-hydrogen) atoms. The first-order valence-corrected chi connectivity index (χ1v) is 8.74. The number of hydrogen-bond acceptors (Lipinski definition) is 6. The monoisotopic (exact) mass is 352 g/mol. The first kappa shape index (κ1) is 17.4. The standard InChI is InChI=1S/C15H17FN4OS2/c1-3-8-17-14-19-20-15(23-14)22-9-13(21)18-10(2)11-4-6-12(16)7-5-11/h3-7,10H,1,8-9H2,2H3,(H,17,19)(H,18,21). The summed E-state index contributed by atoms with van der Waals surface area (Å²) >= 11 is 2.72. The van der Waals surface area contributed by atoms with Crippen molar-refractivity contribution in [3.63, 3.8) is 0 Å². The van der Waals surface area contributed by atoms with E-state index < -0.39 is 0 Å². The van der Waals surface area contributed by atoms with Crippen LogP contribution in [0.5, 0.6) is 0 Å². The number of anilines is 1. The van der Waals surface area contributed by atoms with Gasteiger partial charge in [-0.3, -0.25) is 4.79 Å². The number of carbonyl (C=O) groups excluding carboxylic acids is 1. The molecule has 1 atom stereocenters. The van der Waals surface area contributed by atoms with Crippen molar-refractivity contribution in [1.29, 1.82) is 0 Å². The van der Waals surface area contributed by atoms with Crippen LogP contribution in [0.2, 0.25) is 0 Å². The molecular weight excluding hydrogens is 335 g/mol. The summed E-state index contributed by atoms with van der Waals surface area (Å²) in [5.41, 5.74) is 0.858. The molecule has 0 spiro atoms. The molecule has 2 aromatic rings. The van der Waals surface area contributed by atoms with E-state index in [0.29, 0.717) is 11.7 Å². The quantitative estimate of drug-likeness (QED) is 0.564. The van der Waals surface area contributed by atoms with E-state index in [2.05, 4.69) is 27.4 Å². The number of halogens is 1. The minimum Gasteiger partial charge on any atom is -0.357 e. The van der Waals surface area contributed by atoms with Gasteiger partial charge in [0.25, 0.3) is 0 Å². The summed E-state index contributed by atoms with van der Waals surface area (Å²) < 4.78 is 13.6. The highest BCUT2D eigenvalue weighted by atomic mass is 32.2. The van der Waals surface area contributed by atoms with Crippen LogP contribution in [0, 0.1) is 5.82 Å². The van der Waals surface area contributed by atoms with Gasteiger partial charge < -0.3 is 10.6 Å². The zero-order chi connectivity index (χ0) is 16.7. The molecule has 0 aliphatic rings. The van der Waals surface area contributed by atoms with Crippen LogP contribution in [-0.2, 0) is 4.79 Å². The molecule has 0 fully saturated rings. The second-order valence-corrected chi connectivity index (χ2v) is 6.87. The number of nitrogens with zero attached hydrogens (tertiary/aromatic N) is 2. The van der Waals surface area contributed by atoms with E-state index in [9.17, 15) is 9.18 Å². The largest absolute Gasteiger partial charge is 0.357 e. The van der Waals surface area contributed by atoms with Crippen LogP contribution in [0.1, 0.15) is 18.5 Å². The summed E-state index contributed by atoms with van der Waals surface area (Å²) in [5.74, 6) is -0.149. The number of benzene rings is 1. The van der Waals surface area contributed by atoms with Gasteiger partial charge in [0.05, 0.1) is 11.8 Å². The SMILES string of the molecule is C=CCNc1nnc(SCC(=O)NC(C)c2ccc(F)cc2)s1. The lowest BCUT2D eigenvalue weighted by molar-refractivity contribution is -0.119. The van der Waals surface area contributed by atoms with Crippen LogP contribution in [0.4, 0.5) is 9.52 Å². The zero-order valence-corrected chi connectivity index (χ0v) is 14.2. The van der Waals surface area contributed by atoms with Gasteiger partial charge in [-0.1, -0.05) is 41.3 Å². The van der Waals surface area contributed by atoms with Crippen LogP contribution in [0.25, 0.3) is 0 Å². The Hall–Kier alpha value is -1.93. The Morgan fingerprint density at radius 1 is 1.43 bits per heavy atom. The molecule has 1 amide bonds. The Morgan fingerprint density at radius 3 is 2.87 bits per heavy atom. The summed E-state index contributed by atoms with van der Waals surface area (Å²) in [7, 11) is 0. The molecule has 5 nitrogen and oxygen atoms in total. The molecule has 0 radical (unpaired) electrons. The lowest BCUT2D eigenvalue weighted by Gasteiger charge is -2.13. The highest BCUT2D eigenvalue weighted by Gasteiger charge is 2.12. The second-order valence-electron chi connectivity index (χ2n) is 4.67. The predicted octanol–water partition coefficient (Wildman–Crippen LogP) is 3.24.